The summed E-state index contributed by atoms with van der Waals surface area (Å²) >= 11 is 0. The van der Waals surface area contributed by atoms with Crippen molar-refractivity contribution < 1.29 is 23.9 Å². The monoisotopic (exact) mass is 375 g/mol. The second-order valence-corrected chi connectivity index (χ2v) is 7.70. The number of hydrogen-bond donors (Lipinski definition) is 3. The zero-order valence-corrected chi connectivity index (χ0v) is 14.8. The van der Waals surface area contributed by atoms with Crippen molar-refractivity contribution in [2.75, 3.05) is 18.4 Å². The van der Waals surface area contributed by atoms with E-state index in [2.05, 4.69) is 15.5 Å². The molecule has 1 aromatic carbocycles. The Balaban J connectivity index is 1.31. The third kappa shape index (κ3) is 3.53. The van der Waals surface area contributed by atoms with E-state index in [1.165, 1.54) is 6.07 Å². The molecule has 1 aliphatic carbocycles. The molecule has 1 aromatic rings. The molecule has 0 bridgehead atoms. The van der Waals surface area contributed by atoms with Crippen LogP contribution in [0.1, 0.15) is 37.2 Å². The molecule has 1 saturated carbocycles. The molecule has 7 nitrogen and oxygen atoms in total. The predicted octanol–water partition coefficient (Wildman–Crippen LogP) is 1.31. The molecule has 1 atom stereocenters. The van der Waals surface area contributed by atoms with Gasteiger partial charge in [-0.05, 0) is 37.0 Å². The normalized spacial score (nSPS) is 28.9. The second kappa shape index (κ2) is 6.92. The van der Waals surface area contributed by atoms with E-state index in [0.29, 0.717) is 36.6 Å². The summed E-state index contributed by atoms with van der Waals surface area (Å²) in [7, 11) is 0. The maximum atomic E-state index is 14.5. The number of carboxylic acids is 1. The smallest absolute Gasteiger partial charge is 0.306 e. The fraction of sp³-hybridized carbons (Fsp3) is 0.526. The molecule has 4 rings (SSSR count). The number of piperidine rings is 1. The number of halogens is 1. The van der Waals surface area contributed by atoms with E-state index in [9.17, 15) is 18.8 Å². The number of nitrogens with one attached hydrogen (secondary N) is 2. The number of amides is 2. The highest BCUT2D eigenvalue weighted by atomic mass is 19.1. The summed E-state index contributed by atoms with van der Waals surface area (Å²) in [5, 5.41) is 14.2. The van der Waals surface area contributed by atoms with Crippen molar-refractivity contribution in [2.24, 2.45) is 5.92 Å². The maximum absolute atomic E-state index is 14.5. The third-order valence-electron chi connectivity index (χ3n) is 5.91. The molecule has 0 aromatic heterocycles. The fourth-order valence-electron chi connectivity index (χ4n) is 4.08. The average molecular weight is 375 g/mol. The lowest BCUT2D eigenvalue weighted by Crippen LogP contribution is -2.56. The van der Waals surface area contributed by atoms with E-state index in [0.717, 1.165) is 13.1 Å². The standard InChI is InChI=1S/C19H22FN3O4/c20-15-7-12(21-16-3-4-17(24)22-18(16)25)1-2-14(15)11-8-23(9-11)13-5-10(6-13)19(26)27/h1-2,7,10-11,13,16,21H,3-6,8-9H2,(H,26,27)(H,22,24,25). The summed E-state index contributed by atoms with van der Waals surface area (Å²) in [6, 6.07) is 4.67. The number of hydrogen-bond acceptors (Lipinski definition) is 5. The molecule has 8 heteroatoms. The number of carboxylic acid groups (broad SMARTS) is 1. The van der Waals surface area contributed by atoms with Gasteiger partial charge in [-0.3, -0.25) is 24.6 Å². The van der Waals surface area contributed by atoms with E-state index in [-0.39, 0.29) is 35.9 Å². The second-order valence-electron chi connectivity index (χ2n) is 7.70. The van der Waals surface area contributed by atoms with Crippen LogP contribution < -0.4 is 10.6 Å². The Morgan fingerprint density at radius 1 is 1.26 bits per heavy atom. The Kier molecular flexibility index (Phi) is 4.59. The molecular formula is C19H22FN3O4. The van der Waals surface area contributed by atoms with Crippen molar-refractivity contribution in [3.63, 3.8) is 0 Å². The number of rotatable bonds is 5. The molecule has 2 amide bonds. The van der Waals surface area contributed by atoms with Gasteiger partial charge in [0.1, 0.15) is 11.9 Å². The van der Waals surface area contributed by atoms with Gasteiger partial charge in [0, 0.05) is 37.2 Å². The number of aliphatic carboxylic acids is 1. The van der Waals surface area contributed by atoms with Gasteiger partial charge in [-0.25, -0.2) is 4.39 Å². The summed E-state index contributed by atoms with van der Waals surface area (Å²) in [4.78, 5) is 36.1. The van der Waals surface area contributed by atoms with Crippen LogP contribution in [0.2, 0.25) is 0 Å². The Morgan fingerprint density at radius 3 is 2.63 bits per heavy atom. The minimum atomic E-state index is -0.728. The lowest BCUT2D eigenvalue weighted by Gasteiger charge is -2.50. The van der Waals surface area contributed by atoms with Crippen LogP contribution in [0.4, 0.5) is 10.1 Å². The molecule has 2 saturated heterocycles. The SMILES string of the molecule is O=C1CCC(Nc2ccc(C3CN(C4CC(C(=O)O)C4)C3)c(F)c2)C(=O)N1. The van der Waals surface area contributed by atoms with Gasteiger partial charge in [-0.1, -0.05) is 6.07 Å². The van der Waals surface area contributed by atoms with Crippen molar-refractivity contribution in [3.05, 3.63) is 29.6 Å². The summed E-state index contributed by atoms with van der Waals surface area (Å²) in [5.74, 6) is -1.83. The first-order chi connectivity index (χ1) is 12.9. The Bertz CT molecular complexity index is 787. The van der Waals surface area contributed by atoms with Crippen LogP contribution in [0, 0.1) is 11.7 Å². The van der Waals surface area contributed by atoms with Crippen molar-refractivity contribution in [1.82, 2.24) is 10.2 Å². The van der Waals surface area contributed by atoms with Gasteiger partial charge in [0.2, 0.25) is 11.8 Å². The molecule has 3 aliphatic rings. The zero-order valence-electron chi connectivity index (χ0n) is 14.8. The lowest BCUT2D eigenvalue weighted by molar-refractivity contribution is -0.148. The minimum absolute atomic E-state index is 0.110. The van der Waals surface area contributed by atoms with Crippen LogP contribution in [0.15, 0.2) is 18.2 Å². The van der Waals surface area contributed by atoms with Crippen LogP contribution in [-0.2, 0) is 14.4 Å². The lowest BCUT2D eigenvalue weighted by atomic mass is 9.76. The summed E-state index contributed by atoms with van der Waals surface area (Å²) < 4.78 is 14.5. The first-order valence-corrected chi connectivity index (χ1v) is 9.27. The molecule has 144 valence electrons. The number of likely N-dealkylation sites (tertiary alicyclic amines) is 1. The molecule has 0 spiro atoms. The molecule has 3 fully saturated rings. The van der Waals surface area contributed by atoms with E-state index in [1.807, 2.05) is 0 Å². The van der Waals surface area contributed by atoms with Gasteiger partial charge in [0.25, 0.3) is 0 Å². The highest BCUT2D eigenvalue weighted by Crippen LogP contribution is 2.39. The van der Waals surface area contributed by atoms with Crippen LogP contribution in [0.5, 0.6) is 0 Å². The van der Waals surface area contributed by atoms with E-state index in [4.69, 9.17) is 5.11 Å². The highest BCUT2D eigenvalue weighted by Gasteiger charge is 2.43. The van der Waals surface area contributed by atoms with E-state index in [1.54, 1.807) is 12.1 Å². The molecule has 2 heterocycles. The summed E-state index contributed by atoms with van der Waals surface area (Å²) in [6.45, 7) is 1.49. The predicted molar refractivity (Wildman–Crippen MR) is 94.7 cm³/mol. The van der Waals surface area contributed by atoms with Crippen molar-refractivity contribution in [2.45, 2.75) is 43.7 Å². The highest BCUT2D eigenvalue weighted by molar-refractivity contribution is 6.01. The van der Waals surface area contributed by atoms with E-state index < -0.39 is 12.0 Å². The minimum Gasteiger partial charge on any atom is -0.481 e. The largest absolute Gasteiger partial charge is 0.481 e. The quantitative estimate of drug-likeness (QED) is 0.671. The number of imide groups is 1. The first-order valence-electron chi connectivity index (χ1n) is 9.27. The van der Waals surface area contributed by atoms with Crippen LogP contribution in [-0.4, -0.2) is 53.0 Å². The first kappa shape index (κ1) is 17.9. The van der Waals surface area contributed by atoms with Crippen LogP contribution >= 0.6 is 0 Å². The van der Waals surface area contributed by atoms with Crippen molar-refractivity contribution in [1.29, 1.82) is 0 Å². The van der Waals surface area contributed by atoms with Gasteiger partial charge in [0.15, 0.2) is 0 Å². The Labute approximate surface area is 155 Å². The number of carbonyl (C=O) groups is 3. The van der Waals surface area contributed by atoms with Crippen LogP contribution in [0.3, 0.4) is 0 Å². The number of benzene rings is 1. The van der Waals surface area contributed by atoms with E-state index >= 15 is 0 Å². The summed E-state index contributed by atoms with van der Waals surface area (Å²) in [6.07, 6.45) is 2.02. The molecule has 0 radical (unpaired) electrons. The third-order valence-corrected chi connectivity index (χ3v) is 5.91. The molecular weight excluding hydrogens is 353 g/mol. The number of nitrogens with zero attached hydrogens (tertiary/aromatic N) is 1. The van der Waals surface area contributed by atoms with Gasteiger partial charge < -0.3 is 10.4 Å². The zero-order chi connectivity index (χ0) is 19.1. The van der Waals surface area contributed by atoms with Crippen LogP contribution in [0.25, 0.3) is 0 Å². The molecule has 3 N–H and O–H groups in total. The van der Waals surface area contributed by atoms with Gasteiger partial charge in [-0.2, -0.15) is 0 Å². The molecule has 1 unspecified atom stereocenters. The van der Waals surface area contributed by atoms with Crippen molar-refractivity contribution in [3.8, 4) is 0 Å². The average Bonchev–Trinajstić information content (AvgIpc) is 2.51. The fourth-order valence-corrected chi connectivity index (χ4v) is 4.08. The maximum Gasteiger partial charge on any atom is 0.306 e. The summed E-state index contributed by atoms with van der Waals surface area (Å²) in [5.41, 5.74) is 1.17. The van der Waals surface area contributed by atoms with Gasteiger partial charge >= 0.3 is 5.97 Å². The Morgan fingerprint density at radius 2 is 2.00 bits per heavy atom. The number of anilines is 1. The molecule has 2 aliphatic heterocycles. The van der Waals surface area contributed by atoms with Crippen molar-refractivity contribution >= 4 is 23.5 Å². The van der Waals surface area contributed by atoms with Gasteiger partial charge in [0.05, 0.1) is 5.92 Å². The Hall–Kier alpha value is -2.48. The van der Waals surface area contributed by atoms with Gasteiger partial charge in [-0.15, -0.1) is 0 Å². The molecule has 27 heavy (non-hydrogen) atoms. The number of carbonyl (C=O) groups excluding carboxylic acids is 2. The topological polar surface area (TPSA) is 98.7 Å².